The Morgan fingerprint density at radius 3 is 2.21 bits per heavy atom. The van der Waals surface area contributed by atoms with Crippen molar-refractivity contribution in [3.8, 4) is 5.75 Å². The third-order valence-corrected chi connectivity index (χ3v) is 6.00. The van der Waals surface area contributed by atoms with Gasteiger partial charge >= 0.3 is 6.03 Å². The molecule has 2 aromatic rings. The smallest absolute Gasteiger partial charge is 0.324 e. The number of rotatable bonds is 7. The molecule has 3 amide bonds. The first-order valence-corrected chi connectivity index (χ1v) is 11.4. The zero-order chi connectivity index (χ0) is 24.0. The Balaban J connectivity index is 1.61. The molecule has 7 nitrogen and oxygen atoms in total. The number of nitrogens with zero attached hydrogens (tertiary/aromatic N) is 4. The Hall–Kier alpha value is -3.29. The molecule has 0 N–H and O–H groups in total. The molecule has 33 heavy (non-hydrogen) atoms. The summed E-state index contributed by atoms with van der Waals surface area (Å²) in [6, 6.07) is 12.2. The number of ether oxygens (including phenoxy) is 1. The predicted molar refractivity (Wildman–Crippen MR) is 128 cm³/mol. The average Bonchev–Trinajstić information content (AvgIpc) is 2.83. The average molecular weight is 457 g/mol. The fourth-order valence-electron chi connectivity index (χ4n) is 3.89. The molecule has 1 aliphatic rings. The van der Waals surface area contributed by atoms with Crippen LogP contribution in [0.1, 0.15) is 26.3 Å². The lowest BCUT2D eigenvalue weighted by Crippen LogP contribution is -2.48. The highest BCUT2D eigenvalue weighted by Crippen LogP contribution is 2.26. The van der Waals surface area contributed by atoms with Gasteiger partial charge in [0.25, 0.3) is 0 Å². The summed E-state index contributed by atoms with van der Waals surface area (Å²) in [5.74, 6) is 0.160. The van der Waals surface area contributed by atoms with Gasteiger partial charge in [0, 0.05) is 76.7 Å². The van der Waals surface area contributed by atoms with E-state index in [1.54, 1.807) is 28.7 Å². The molecule has 0 unspecified atom stereocenters. The lowest BCUT2D eigenvalue weighted by Gasteiger charge is -2.35. The maximum Gasteiger partial charge on any atom is 0.324 e. The van der Waals surface area contributed by atoms with Crippen LogP contribution in [0.4, 0.5) is 20.6 Å². The maximum absolute atomic E-state index is 14.2. The van der Waals surface area contributed by atoms with E-state index in [0.717, 1.165) is 16.9 Å². The van der Waals surface area contributed by atoms with Crippen molar-refractivity contribution in [1.82, 2.24) is 9.80 Å². The van der Waals surface area contributed by atoms with Crippen LogP contribution in [-0.4, -0.2) is 68.1 Å². The Labute approximate surface area is 195 Å². The second-order valence-electron chi connectivity index (χ2n) is 8.11. The molecule has 178 valence electrons. The molecule has 0 saturated carbocycles. The zero-order valence-electron chi connectivity index (χ0n) is 19.9. The van der Waals surface area contributed by atoms with Crippen molar-refractivity contribution in [2.45, 2.75) is 27.4 Å². The van der Waals surface area contributed by atoms with Crippen molar-refractivity contribution in [2.24, 2.45) is 0 Å². The molecule has 1 heterocycles. The highest BCUT2D eigenvalue weighted by Gasteiger charge is 2.20. The summed E-state index contributed by atoms with van der Waals surface area (Å²) in [4.78, 5) is 31.3. The summed E-state index contributed by atoms with van der Waals surface area (Å²) in [5.41, 5.74) is 2.47. The van der Waals surface area contributed by atoms with Crippen molar-refractivity contribution in [1.29, 1.82) is 0 Å². The minimum atomic E-state index is -0.358. The van der Waals surface area contributed by atoms with Crippen molar-refractivity contribution in [3.63, 3.8) is 0 Å². The van der Waals surface area contributed by atoms with Crippen LogP contribution in [0.3, 0.4) is 0 Å². The molecule has 0 aromatic heterocycles. The summed E-state index contributed by atoms with van der Waals surface area (Å²) >= 11 is 0. The van der Waals surface area contributed by atoms with E-state index < -0.39 is 0 Å². The van der Waals surface area contributed by atoms with Gasteiger partial charge in [-0.05, 0) is 37.6 Å². The Morgan fingerprint density at radius 1 is 1.00 bits per heavy atom. The van der Waals surface area contributed by atoms with Crippen molar-refractivity contribution >= 4 is 23.3 Å². The fourth-order valence-corrected chi connectivity index (χ4v) is 3.89. The summed E-state index contributed by atoms with van der Waals surface area (Å²) in [7, 11) is 1.76. The zero-order valence-corrected chi connectivity index (χ0v) is 19.9. The van der Waals surface area contributed by atoms with E-state index in [9.17, 15) is 14.0 Å². The molecule has 0 bridgehead atoms. The van der Waals surface area contributed by atoms with Gasteiger partial charge in [0.1, 0.15) is 18.2 Å². The van der Waals surface area contributed by atoms with E-state index in [-0.39, 0.29) is 24.4 Å². The van der Waals surface area contributed by atoms with Crippen LogP contribution in [0.5, 0.6) is 5.75 Å². The second kappa shape index (κ2) is 11.0. The quantitative estimate of drug-likeness (QED) is 0.633. The third kappa shape index (κ3) is 6.15. The van der Waals surface area contributed by atoms with Crippen LogP contribution >= 0.6 is 0 Å². The van der Waals surface area contributed by atoms with Crippen LogP contribution in [0.25, 0.3) is 0 Å². The highest BCUT2D eigenvalue weighted by atomic mass is 19.1. The summed E-state index contributed by atoms with van der Waals surface area (Å²) in [5, 5.41) is 0. The van der Waals surface area contributed by atoms with E-state index in [2.05, 4.69) is 4.90 Å². The Kier molecular flexibility index (Phi) is 8.14. The molecule has 1 fully saturated rings. The number of anilines is 2. The predicted octanol–water partition coefficient (Wildman–Crippen LogP) is 3.97. The lowest BCUT2D eigenvalue weighted by atomic mass is 10.2. The molecule has 2 aromatic carbocycles. The van der Waals surface area contributed by atoms with E-state index in [4.69, 9.17) is 4.74 Å². The molecule has 1 saturated heterocycles. The minimum absolute atomic E-state index is 0.0413. The standard InChI is InChI=1S/C25H33FN4O3/c1-5-28(6-2)25(32)27(4)22-9-7-20(8-10-22)18-33-24-16-21(26)15-23(17-24)30-13-11-29(12-14-30)19(3)31/h7-10,15-17H,5-6,11-14,18H2,1-4H3. The van der Waals surface area contributed by atoms with E-state index >= 15 is 0 Å². The molecule has 1 aliphatic heterocycles. The lowest BCUT2D eigenvalue weighted by molar-refractivity contribution is -0.129. The summed E-state index contributed by atoms with van der Waals surface area (Å²) in [6.45, 7) is 9.65. The van der Waals surface area contributed by atoms with Crippen molar-refractivity contribution in [2.75, 3.05) is 56.1 Å². The number of carbonyl (C=O) groups is 2. The van der Waals surface area contributed by atoms with Gasteiger partial charge in [-0.25, -0.2) is 9.18 Å². The SMILES string of the molecule is CCN(CC)C(=O)N(C)c1ccc(COc2cc(F)cc(N3CCN(C(C)=O)CC3)c2)cc1. The number of benzene rings is 2. The number of hydrogen-bond donors (Lipinski definition) is 0. The molecule has 3 rings (SSSR count). The van der Waals surface area contributed by atoms with Crippen LogP contribution < -0.4 is 14.5 Å². The van der Waals surface area contributed by atoms with E-state index in [0.29, 0.717) is 45.0 Å². The van der Waals surface area contributed by atoms with Crippen LogP contribution in [0, 0.1) is 5.82 Å². The van der Waals surface area contributed by atoms with Gasteiger partial charge in [0.05, 0.1) is 0 Å². The monoisotopic (exact) mass is 456 g/mol. The number of piperazine rings is 1. The number of hydrogen-bond acceptors (Lipinski definition) is 4. The molecule has 0 radical (unpaired) electrons. The first kappa shape index (κ1) is 24.4. The van der Waals surface area contributed by atoms with E-state index in [1.165, 1.54) is 12.1 Å². The number of carbonyl (C=O) groups excluding carboxylic acids is 2. The van der Waals surface area contributed by atoms with Gasteiger partial charge in [-0.1, -0.05) is 12.1 Å². The minimum Gasteiger partial charge on any atom is -0.489 e. The van der Waals surface area contributed by atoms with Gasteiger partial charge in [0.2, 0.25) is 5.91 Å². The molecular weight excluding hydrogens is 423 g/mol. The molecule has 0 aliphatic carbocycles. The largest absolute Gasteiger partial charge is 0.489 e. The molecule has 0 spiro atoms. The van der Waals surface area contributed by atoms with Gasteiger partial charge in [-0.2, -0.15) is 0 Å². The van der Waals surface area contributed by atoms with Gasteiger partial charge in [0.15, 0.2) is 0 Å². The fraction of sp³-hybridized carbons (Fsp3) is 0.440. The Morgan fingerprint density at radius 2 is 1.64 bits per heavy atom. The van der Waals surface area contributed by atoms with Crippen LogP contribution in [-0.2, 0) is 11.4 Å². The first-order chi connectivity index (χ1) is 15.8. The number of urea groups is 1. The summed E-state index contributed by atoms with van der Waals surface area (Å²) < 4.78 is 20.1. The van der Waals surface area contributed by atoms with Crippen LogP contribution in [0.2, 0.25) is 0 Å². The van der Waals surface area contributed by atoms with Gasteiger partial charge in [-0.15, -0.1) is 0 Å². The molecule has 8 heteroatoms. The van der Waals surface area contributed by atoms with Crippen LogP contribution in [0.15, 0.2) is 42.5 Å². The third-order valence-electron chi connectivity index (χ3n) is 6.00. The number of amides is 3. The maximum atomic E-state index is 14.2. The van der Waals surface area contributed by atoms with Crippen molar-refractivity contribution in [3.05, 3.63) is 53.8 Å². The number of halogens is 1. The topological polar surface area (TPSA) is 56.3 Å². The van der Waals surface area contributed by atoms with Crippen molar-refractivity contribution < 1.29 is 18.7 Å². The second-order valence-corrected chi connectivity index (χ2v) is 8.11. The highest BCUT2D eigenvalue weighted by molar-refractivity contribution is 5.91. The first-order valence-electron chi connectivity index (χ1n) is 11.4. The van der Waals surface area contributed by atoms with Gasteiger partial charge < -0.3 is 19.4 Å². The van der Waals surface area contributed by atoms with Gasteiger partial charge in [-0.3, -0.25) is 9.69 Å². The van der Waals surface area contributed by atoms with E-state index in [1.807, 2.05) is 44.2 Å². The normalized spacial score (nSPS) is 13.6. The summed E-state index contributed by atoms with van der Waals surface area (Å²) in [6.07, 6.45) is 0. The molecular formula is C25H33FN4O3. The molecule has 0 atom stereocenters. The Bertz CT molecular complexity index is 955.